The molecule has 2 aliphatic heterocycles. The molecule has 0 N–H and O–H groups in total. The molecular weight excluding hydrogens is 609 g/mol. The fourth-order valence-corrected chi connectivity index (χ4v) is 8.19. The predicted molar refractivity (Wildman–Crippen MR) is 206 cm³/mol. The van der Waals surface area contributed by atoms with E-state index in [1.807, 2.05) is 12.1 Å². The third-order valence-electron chi connectivity index (χ3n) is 10.5. The van der Waals surface area contributed by atoms with E-state index in [-0.39, 0.29) is 0 Å². The maximum absolute atomic E-state index is 6.80. The number of ether oxygens (including phenoxy) is 2. The van der Waals surface area contributed by atoms with Crippen LogP contribution in [0, 0.1) is 0 Å². The Morgan fingerprint density at radius 1 is 0.260 bits per heavy atom. The number of rotatable bonds is 3. The molecule has 0 bridgehead atoms. The molecule has 0 amide bonds. The van der Waals surface area contributed by atoms with Crippen LogP contribution >= 0.6 is 0 Å². The summed E-state index contributed by atoms with van der Waals surface area (Å²) in [5.74, 6) is 3.56. The van der Waals surface area contributed by atoms with E-state index in [1.54, 1.807) is 0 Å². The van der Waals surface area contributed by atoms with Gasteiger partial charge >= 0.3 is 0 Å². The Bertz CT molecular complexity index is 2870. The summed E-state index contributed by atoms with van der Waals surface area (Å²) in [6, 6.07) is 60.7. The van der Waals surface area contributed by atoms with Crippen molar-refractivity contribution in [2.24, 2.45) is 0 Å². The molecule has 50 heavy (non-hydrogen) atoms. The summed E-state index contributed by atoms with van der Waals surface area (Å²) in [7, 11) is 0. The van der Waals surface area contributed by atoms with Crippen molar-refractivity contribution < 1.29 is 9.47 Å². The lowest BCUT2D eigenvalue weighted by molar-refractivity contribution is 0.487. The molecule has 0 aliphatic carbocycles. The fraction of sp³-hybridized carbons (Fsp3) is 0. The predicted octanol–water partition coefficient (Wildman–Crippen LogP) is 13.7. The van der Waals surface area contributed by atoms with E-state index in [1.165, 1.54) is 60.5 Å². The number of fused-ring (bicyclic) bond motifs is 5. The fourth-order valence-electron chi connectivity index (χ4n) is 8.19. The molecular formula is C48H28O2. The Labute approximate surface area is 289 Å². The summed E-state index contributed by atoms with van der Waals surface area (Å²) >= 11 is 0. The zero-order valence-electron chi connectivity index (χ0n) is 27.0. The lowest BCUT2D eigenvalue weighted by Gasteiger charge is -2.25. The first-order chi connectivity index (χ1) is 24.8. The Hall–Kier alpha value is -6.64. The molecule has 0 fully saturated rings. The first-order valence-corrected chi connectivity index (χ1v) is 17.1. The van der Waals surface area contributed by atoms with Gasteiger partial charge in [-0.2, -0.15) is 0 Å². The molecule has 0 radical (unpaired) electrons. The van der Waals surface area contributed by atoms with Crippen LogP contribution in [0.2, 0.25) is 0 Å². The second kappa shape index (κ2) is 10.4. The minimum atomic E-state index is 0.877. The number of hydrogen-bond donors (Lipinski definition) is 0. The Morgan fingerprint density at radius 2 is 0.820 bits per heavy atom. The van der Waals surface area contributed by atoms with Crippen molar-refractivity contribution in [1.82, 2.24) is 0 Å². The Kier molecular flexibility index (Phi) is 5.70. The van der Waals surface area contributed by atoms with Crippen molar-refractivity contribution in [1.29, 1.82) is 0 Å². The summed E-state index contributed by atoms with van der Waals surface area (Å²) in [6.45, 7) is 0. The first-order valence-electron chi connectivity index (χ1n) is 17.1. The quantitative estimate of drug-likeness (QED) is 0.192. The van der Waals surface area contributed by atoms with Crippen LogP contribution < -0.4 is 9.47 Å². The highest BCUT2D eigenvalue weighted by atomic mass is 16.5. The van der Waals surface area contributed by atoms with Gasteiger partial charge in [-0.05, 0) is 109 Å². The molecule has 0 atom stereocenters. The SMILES string of the molecule is c1ccc(-c2cc(-c3ccc4c(c3)Oc3cccc5c(-c6ccc7c8c(cccc68)Oc6ccccc6-7)ccc-4c35)c3ccccc3c2)cc1. The highest BCUT2D eigenvalue weighted by molar-refractivity contribution is 6.16. The topological polar surface area (TPSA) is 18.5 Å². The summed E-state index contributed by atoms with van der Waals surface area (Å²) in [5.41, 5.74) is 11.7. The minimum Gasteiger partial charge on any atom is -0.456 e. The van der Waals surface area contributed by atoms with Gasteiger partial charge in [-0.1, -0.05) is 127 Å². The molecule has 2 aliphatic rings. The van der Waals surface area contributed by atoms with Gasteiger partial charge in [-0.25, -0.2) is 0 Å². The largest absolute Gasteiger partial charge is 0.456 e. The molecule has 9 aromatic carbocycles. The molecule has 11 rings (SSSR count). The summed E-state index contributed by atoms with van der Waals surface area (Å²) in [5, 5.41) is 7.10. The van der Waals surface area contributed by atoms with Gasteiger partial charge in [0.15, 0.2) is 0 Å². The number of benzene rings is 9. The van der Waals surface area contributed by atoms with E-state index in [2.05, 4.69) is 158 Å². The number of hydrogen-bond acceptors (Lipinski definition) is 2. The second-order valence-corrected chi connectivity index (χ2v) is 13.2. The van der Waals surface area contributed by atoms with Crippen molar-refractivity contribution in [3.8, 4) is 78.6 Å². The lowest BCUT2D eigenvalue weighted by atomic mass is 9.85. The van der Waals surface area contributed by atoms with E-state index in [0.29, 0.717) is 0 Å². The van der Waals surface area contributed by atoms with Crippen molar-refractivity contribution in [2.75, 3.05) is 0 Å². The van der Waals surface area contributed by atoms with Crippen LogP contribution in [0.3, 0.4) is 0 Å². The molecule has 0 saturated heterocycles. The van der Waals surface area contributed by atoms with E-state index in [0.717, 1.165) is 50.5 Å². The van der Waals surface area contributed by atoms with Gasteiger partial charge in [0.2, 0.25) is 0 Å². The van der Waals surface area contributed by atoms with Crippen molar-refractivity contribution >= 4 is 32.3 Å². The smallest absolute Gasteiger partial charge is 0.135 e. The van der Waals surface area contributed by atoms with Gasteiger partial charge in [0, 0.05) is 21.9 Å². The summed E-state index contributed by atoms with van der Waals surface area (Å²) in [4.78, 5) is 0. The van der Waals surface area contributed by atoms with Crippen molar-refractivity contribution in [3.63, 3.8) is 0 Å². The lowest BCUT2D eigenvalue weighted by Crippen LogP contribution is -1.99. The van der Waals surface area contributed by atoms with E-state index < -0.39 is 0 Å². The van der Waals surface area contributed by atoms with Crippen LogP contribution in [0.15, 0.2) is 170 Å². The van der Waals surface area contributed by atoms with Gasteiger partial charge in [-0.15, -0.1) is 0 Å². The molecule has 232 valence electrons. The summed E-state index contributed by atoms with van der Waals surface area (Å²) in [6.07, 6.45) is 0. The maximum atomic E-state index is 6.80. The Balaban J connectivity index is 1.07. The molecule has 0 aromatic heterocycles. The van der Waals surface area contributed by atoms with Gasteiger partial charge in [0.05, 0.1) is 0 Å². The van der Waals surface area contributed by atoms with E-state index in [9.17, 15) is 0 Å². The molecule has 2 heteroatoms. The van der Waals surface area contributed by atoms with Crippen molar-refractivity contribution in [3.05, 3.63) is 170 Å². The zero-order valence-corrected chi connectivity index (χ0v) is 27.0. The molecule has 0 unspecified atom stereocenters. The third-order valence-corrected chi connectivity index (χ3v) is 10.5. The third kappa shape index (κ3) is 3.96. The standard InChI is InChI=1S/C48H28O2/c1-2-10-29(11-3-1)32-26-30-12-4-5-13-33(30)42(27-32)31-20-21-37-41-25-23-35(39-16-9-19-45(48(39)41)50-46(37)28-31)34-22-24-40-36-14-6-7-17-43(36)49-44-18-8-15-38(34)47(40)44/h1-28H. The molecule has 0 saturated carbocycles. The van der Waals surface area contributed by atoms with Crippen LogP contribution in [0.25, 0.3) is 88.0 Å². The molecule has 2 heterocycles. The zero-order chi connectivity index (χ0) is 32.8. The maximum Gasteiger partial charge on any atom is 0.135 e. The van der Waals surface area contributed by atoms with Gasteiger partial charge in [0.25, 0.3) is 0 Å². The second-order valence-electron chi connectivity index (χ2n) is 13.2. The monoisotopic (exact) mass is 636 g/mol. The minimum absolute atomic E-state index is 0.877. The normalized spacial score (nSPS) is 12.3. The van der Waals surface area contributed by atoms with Crippen molar-refractivity contribution in [2.45, 2.75) is 0 Å². The number of para-hydroxylation sites is 1. The highest BCUT2D eigenvalue weighted by Gasteiger charge is 2.25. The average Bonchev–Trinajstić information content (AvgIpc) is 3.18. The average molecular weight is 637 g/mol. The van der Waals surface area contributed by atoms with Crippen LogP contribution in [0.5, 0.6) is 23.0 Å². The van der Waals surface area contributed by atoms with Crippen LogP contribution in [-0.2, 0) is 0 Å². The molecule has 0 spiro atoms. The Morgan fingerprint density at radius 3 is 1.58 bits per heavy atom. The van der Waals surface area contributed by atoms with Crippen LogP contribution in [0.4, 0.5) is 0 Å². The van der Waals surface area contributed by atoms with Gasteiger partial charge < -0.3 is 9.47 Å². The van der Waals surface area contributed by atoms with E-state index >= 15 is 0 Å². The molecule has 9 aromatic rings. The van der Waals surface area contributed by atoms with Crippen LogP contribution in [0.1, 0.15) is 0 Å². The van der Waals surface area contributed by atoms with Gasteiger partial charge in [0.1, 0.15) is 23.0 Å². The van der Waals surface area contributed by atoms with Gasteiger partial charge in [-0.3, -0.25) is 0 Å². The highest BCUT2D eigenvalue weighted by Crippen LogP contribution is 2.52. The first kappa shape index (κ1) is 27.3. The van der Waals surface area contributed by atoms with E-state index in [4.69, 9.17) is 9.47 Å². The molecule has 2 nitrogen and oxygen atoms in total. The van der Waals surface area contributed by atoms with Crippen LogP contribution in [-0.4, -0.2) is 0 Å². The summed E-state index contributed by atoms with van der Waals surface area (Å²) < 4.78 is 13.2.